The van der Waals surface area contributed by atoms with Crippen molar-refractivity contribution in [2.75, 3.05) is 18.4 Å². The quantitative estimate of drug-likeness (QED) is 0.374. The van der Waals surface area contributed by atoms with E-state index in [9.17, 15) is 4.79 Å². The lowest BCUT2D eigenvalue weighted by Gasteiger charge is -2.18. The molecular formula is C23H19ClN6O2S. The van der Waals surface area contributed by atoms with Crippen LogP contribution in [0, 0.1) is 0 Å². The van der Waals surface area contributed by atoms with Crippen molar-refractivity contribution in [2.24, 2.45) is 0 Å². The van der Waals surface area contributed by atoms with Gasteiger partial charge in [0.15, 0.2) is 0 Å². The number of nitrogens with one attached hydrogen (secondary N) is 3. The number of nitrogens with zero attached hydrogens (tertiary/aromatic N) is 3. The van der Waals surface area contributed by atoms with Crippen LogP contribution in [-0.4, -0.2) is 39.5 Å². The highest BCUT2D eigenvalue weighted by Gasteiger charge is 2.46. The predicted octanol–water partition coefficient (Wildman–Crippen LogP) is 4.02. The maximum atomic E-state index is 12.9. The van der Waals surface area contributed by atoms with Crippen molar-refractivity contribution in [3.8, 4) is 11.8 Å². The van der Waals surface area contributed by atoms with Gasteiger partial charge in [0.1, 0.15) is 4.88 Å². The van der Waals surface area contributed by atoms with E-state index in [4.69, 9.17) is 21.3 Å². The van der Waals surface area contributed by atoms with Crippen LogP contribution < -0.4 is 20.7 Å². The second-order valence-corrected chi connectivity index (χ2v) is 10.2. The third-order valence-corrected chi connectivity index (χ3v) is 7.93. The Labute approximate surface area is 197 Å². The Morgan fingerprint density at radius 2 is 2.03 bits per heavy atom. The number of benzene rings is 1. The number of carbonyl (C=O) groups is 1. The summed E-state index contributed by atoms with van der Waals surface area (Å²) in [5.41, 5.74) is 3.43. The molecular weight excluding hydrogens is 460 g/mol. The molecule has 1 aliphatic carbocycles. The number of halogens is 1. The molecule has 33 heavy (non-hydrogen) atoms. The fourth-order valence-corrected chi connectivity index (χ4v) is 5.96. The Kier molecular flexibility index (Phi) is 4.12. The summed E-state index contributed by atoms with van der Waals surface area (Å²) in [6.45, 7) is 2.23. The molecule has 8 nitrogen and oxygen atoms in total. The monoisotopic (exact) mass is 478 g/mol. The third-order valence-electron chi connectivity index (χ3n) is 6.61. The number of aromatic nitrogens is 3. The summed E-state index contributed by atoms with van der Waals surface area (Å²) in [5.74, 6) is 0.879. The van der Waals surface area contributed by atoms with Gasteiger partial charge in [-0.25, -0.2) is 9.97 Å². The van der Waals surface area contributed by atoms with Crippen LogP contribution in [0.1, 0.15) is 33.8 Å². The highest BCUT2D eigenvalue weighted by molar-refractivity contribution is 7.21. The first kappa shape index (κ1) is 19.5. The summed E-state index contributed by atoms with van der Waals surface area (Å²) in [5, 5.41) is 12.3. The van der Waals surface area contributed by atoms with Gasteiger partial charge >= 0.3 is 0 Å². The molecule has 0 saturated heterocycles. The van der Waals surface area contributed by atoms with Crippen molar-refractivity contribution in [1.29, 1.82) is 0 Å². The van der Waals surface area contributed by atoms with Crippen LogP contribution in [0.2, 0.25) is 5.28 Å². The normalized spacial score (nSPS) is 18.4. The van der Waals surface area contributed by atoms with E-state index < -0.39 is 0 Å². The minimum absolute atomic E-state index is 0.00814. The van der Waals surface area contributed by atoms with Crippen LogP contribution in [0.3, 0.4) is 0 Å². The van der Waals surface area contributed by atoms with Gasteiger partial charge in [-0.3, -0.25) is 4.79 Å². The van der Waals surface area contributed by atoms with Crippen LogP contribution in [0.25, 0.3) is 21.0 Å². The summed E-state index contributed by atoms with van der Waals surface area (Å²) in [7, 11) is 0. The standard InChI is InChI=1S/C23H19ClN6O2S/c24-22-28-14-5-8-25-9-12(14)21(29-22)32-16-4-1-11-13(27-16)2-3-15-17(11)18-19(33-15)20(31)30-23(6-7-23)10-26-18/h1-4,25-26H,5-10H2,(H,30,31). The van der Waals surface area contributed by atoms with Gasteiger partial charge in [-0.15, -0.1) is 11.3 Å². The summed E-state index contributed by atoms with van der Waals surface area (Å²) >= 11 is 7.65. The number of amides is 1. The van der Waals surface area contributed by atoms with E-state index in [1.165, 1.54) is 11.3 Å². The number of hydrogen-bond acceptors (Lipinski definition) is 8. The lowest BCUT2D eigenvalue weighted by molar-refractivity contribution is 0.0942. The molecule has 1 amide bonds. The van der Waals surface area contributed by atoms with Crippen molar-refractivity contribution in [3.05, 3.63) is 45.7 Å². The molecule has 2 aliphatic heterocycles. The Bertz CT molecular complexity index is 1480. The number of pyridine rings is 1. The van der Waals surface area contributed by atoms with Gasteiger partial charge in [0, 0.05) is 47.6 Å². The molecule has 3 N–H and O–H groups in total. The number of hydrogen-bond donors (Lipinski definition) is 3. The van der Waals surface area contributed by atoms with Gasteiger partial charge in [-0.2, -0.15) is 4.98 Å². The second-order valence-electron chi connectivity index (χ2n) is 8.80. The highest BCUT2D eigenvalue weighted by Crippen LogP contribution is 2.45. The van der Waals surface area contributed by atoms with E-state index in [2.05, 4.69) is 25.9 Å². The van der Waals surface area contributed by atoms with Crippen LogP contribution in [-0.2, 0) is 13.0 Å². The van der Waals surface area contributed by atoms with E-state index in [1.54, 1.807) is 0 Å². The van der Waals surface area contributed by atoms with E-state index in [0.717, 1.165) is 75.2 Å². The van der Waals surface area contributed by atoms with E-state index in [1.807, 2.05) is 24.3 Å². The third kappa shape index (κ3) is 3.14. The SMILES string of the molecule is O=C1NC2(CC2)CNc2c1sc1ccc3nc(Oc4nc(Cl)nc5c4CNCC5)ccc3c21. The van der Waals surface area contributed by atoms with Crippen molar-refractivity contribution in [3.63, 3.8) is 0 Å². The molecule has 10 heteroatoms. The number of ether oxygens (including phenoxy) is 1. The molecule has 3 aliphatic rings. The molecule has 1 spiro atoms. The summed E-state index contributed by atoms with van der Waals surface area (Å²) in [4.78, 5) is 27.0. The van der Waals surface area contributed by atoms with Crippen molar-refractivity contribution >= 4 is 55.5 Å². The minimum Gasteiger partial charge on any atom is -0.420 e. The Morgan fingerprint density at radius 1 is 1.12 bits per heavy atom. The molecule has 0 bridgehead atoms. The molecule has 0 atom stereocenters. The molecule has 4 aromatic rings. The molecule has 1 aromatic carbocycles. The lowest BCUT2D eigenvalue weighted by atomic mass is 10.1. The first-order valence-corrected chi connectivity index (χ1v) is 12.1. The minimum atomic E-state index is -0.0845. The fraction of sp³-hybridized carbons (Fsp3) is 0.304. The van der Waals surface area contributed by atoms with Gasteiger partial charge in [0.25, 0.3) is 5.91 Å². The first-order chi connectivity index (χ1) is 16.1. The number of anilines is 1. The molecule has 7 rings (SSSR count). The van der Waals surface area contributed by atoms with Crippen LogP contribution in [0.15, 0.2) is 24.3 Å². The smallest absolute Gasteiger partial charge is 0.264 e. The maximum Gasteiger partial charge on any atom is 0.264 e. The highest BCUT2D eigenvalue weighted by atomic mass is 35.5. The van der Waals surface area contributed by atoms with Crippen molar-refractivity contribution < 1.29 is 9.53 Å². The fourth-order valence-electron chi connectivity index (χ4n) is 4.69. The number of rotatable bonds is 2. The average Bonchev–Trinajstić information content (AvgIpc) is 3.49. The summed E-state index contributed by atoms with van der Waals surface area (Å²) in [6, 6.07) is 7.81. The van der Waals surface area contributed by atoms with Crippen molar-refractivity contribution in [2.45, 2.75) is 31.3 Å². The number of fused-ring (bicyclic) bond motifs is 6. The molecule has 3 aromatic heterocycles. The Balaban J connectivity index is 1.31. The largest absolute Gasteiger partial charge is 0.420 e. The molecule has 0 radical (unpaired) electrons. The van der Waals surface area contributed by atoms with Gasteiger partial charge in [-0.05, 0) is 42.6 Å². The topological polar surface area (TPSA) is 101 Å². The Hall–Kier alpha value is -3.01. The number of carbonyl (C=O) groups excluding carboxylic acids is 1. The first-order valence-electron chi connectivity index (χ1n) is 11.0. The maximum absolute atomic E-state index is 12.9. The molecule has 0 unspecified atom stereocenters. The second kappa shape index (κ2) is 6.99. The van der Waals surface area contributed by atoms with Crippen molar-refractivity contribution in [1.82, 2.24) is 25.6 Å². The summed E-state index contributed by atoms with van der Waals surface area (Å²) < 4.78 is 7.14. The van der Waals surface area contributed by atoms with Gasteiger partial charge in [0.2, 0.25) is 17.0 Å². The van der Waals surface area contributed by atoms with Crippen LogP contribution >= 0.6 is 22.9 Å². The van der Waals surface area contributed by atoms with E-state index in [-0.39, 0.29) is 16.7 Å². The lowest BCUT2D eigenvalue weighted by Crippen LogP contribution is -2.39. The predicted molar refractivity (Wildman–Crippen MR) is 128 cm³/mol. The zero-order chi connectivity index (χ0) is 22.2. The zero-order valence-electron chi connectivity index (χ0n) is 17.5. The molecule has 1 fully saturated rings. The van der Waals surface area contributed by atoms with E-state index >= 15 is 0 Å². The molecule has 5 heterocycles. The van der Waals surface area contributed by atoms with E-state index in [0.29, 0.717) is 18.3 Å². The average molecular weight is 479 g/mol. The molecule has 166 valence electrons. The van der Waals surface area contributed by atoms with Gasteiger partial charge < -0.3 is 20.7 Å². The number of thiophene rings is 1. The zero-order valence-corrected chi connectivity index (χ0v) is 19.1. The summed E-state index contributed by atoms with van der Waals surface area (Å²) in [6.07, 6.45) is 2.82. The van der Waals surface area contributed by atoms with Gasteiger partial charge in [0.05, 0.1) is 28.0 Å². The van der Waals surface area contributed by atoms with Gasteiger partial charge in [-0.1, -0.05) is 0 Å². The van der Waals surface area contributed by atoms with Crippen LogP contribution in [0.4, 0.5) is 5.69 Å². The van der Waals surface area contributed by atoms with Crippen LogP contribution in [0.5, 0.6) is 11.8 Å². The Morgan fingerprint density at radius 3 is 2.91 bits per heavy atom. The molecule has 1 saturated carbocycles.